The van der Waals surface area contributed by atoms with Crippen LogP contribution in [-0.2, 0) is 0 Å². The van der Waals surface area contributed by atoms with E-state index in [2.05, 4.69) is 15.3 Å². The molecule has 10 heteroatoms. The molecule has 0 atom stereocenters. The standard InChI is InChI=1S/C34H27ClN4O4S/c35-28-13-12-26(19-27(28)33(41)39-17-14-22(15-18-39)21-8-10-24(11-9-21)34(42)43)37-31(40)29-30(23-5-2-1-3-6-23)44-32(38-29)25-7-4-16-36-20-25/h1-13,16,19-20,22H,14-15,17-18H2,(H,37,40)(H,42,43). The van der Waals surface area contributed by atoms with Crippen LogP contribution in [0.4, 0.5) is 5.69 Å². The molecule has 1 aliphatic heterocycles. The lowest BCUT2D eigenvalue weighted by Crippen LogP contribution is -2.38. The van der Waals surface area contributed by atoms with E-state index in [0.29, 0.717) is 34.4 Å². The van der Waals surface area contributed by atoms with Crippen molar-refractivity contribution in [1.82, 2.24) is 14.9 Å². The van der Waals surface area contributed by atoms with Crippen LogP contribution < -0.4 is 5.32 Å². The van der Waals surface area contributed by atoms with Crippen molar-refractivity contribution >= 4 is 46.4 Å². The summed E-state index contributed by atoms with van der Waals surface area (Å²) in [5.41, 5.74) is 4.03. The first-order valence-electron chi connectivity index (χ1n) is 14.1. The van der Waals surface area contributed by atoms with E-state index in [0.717, 1.165) is 34.4 Å². The minimum absolute atomic E-state index is 0.205. The zero-order valence-corrected chi connectivity index (χ0v) is 25.0. The molecule has 1 aliphatic rings. The minimum atomic E-state index is -0.954. The normalized spacial score (nSPS) is 13.4. The molecule has 2 N–H and O–H groups in total. The van der Waals surface area contributed by atoms with E-state index in [9.17, 15) is 14.4 Å². The number of amides is 2. The quantitative estimate of drug-likeness (QED) is 0.194. The van der Waals surface area contributed by atoms with Crippen LogP contribution in [-0.4, -0.2) is 50.8 Å². The average molecular weight is 623 g/mol. The Bertz CT molecular complexity index is 1820. The largest absolute Gasteiger partial charge is 0.478 e. The van der Waals surface area contributed by atoms with Crippen molar-refractivity contribution < 1.29 is 19.5 Å². The summed E-state index contributed by atoms with van der Waals surface area (Å²) in [5, 5.41) is 13.1. The molecule has 220 valence electrons. The lowest BCUT2D eigenvalue weighted by molar-refractivity contribution is 0.0691. The Hall–Kier alpha value is -4.86. The third-order valence-corrected chi connectivity index (χ3v) is 9.14. The van der Waals surface area contributed by atoms with Gasteiger partial charge < -0.3 is 15.3 Å². The number of thiazole rings is 1. The molecule has 3 aromatic carbocycles. The number of likely N-dealkylation sites (tertiary alicyclic amines) is 1. The molecular weight excluding hydrogens is 596 g/mol. The second kappa shape index (κ2) is 12.8. The fourth-order valence-corrected chi connectivity index (χ4v) is 6.57. The van der Waals surface area contributed by atoms with Crippen LogP contribution in [0, 0.1) is 0 Å². The Labute approximate surface area is 263 Å². The molecule has 0 radical (unpaired) electrons. The molecule has 0 spiro atoms. The highest BCUT2D eigenvalue weighted by atomic mass is 35.5. The number of carboxylic acids is 1. The molecule has 0 saturated carbocycles. The summed E-state index contributed by atoms with van der Waals surface area (Å²) in [4.78, 5) is 49.7. The maximum Gasteiger partial charge on any atom is 0.335 e. The second-order valence-electron chi connectivity index (χ2n) is 10.4. The second-order valence-corrected chi connectivity index (χ2v) is 11.9. The van der Waals surface area contributed by atoms with Gasteiger partial charge in [-0.3, -0.25) is 14.6 Å². The van der Waals surface area contributed by atoms with Crippen molar-refractivity contribution in [2.75, 3.05) is 18.4 Å². The highest BCUT2D eigenvalue weighted by Gasteiger charge is 2.27. The van der Waals surface area contributed by atoms with Crippen LogP contribution in [0.2, 0.25) is 5.02 Å². The number of halogens is 1. The highest BCUT2D eigenvalue weighted by molar-refractivity contribution is 7.18. The van der Waals surface area contributed by atoms with E-state index < -0.39 is 11.9 Å². The van der Waals surface area contributed by atoms with E-state index >= 15 is 0 Å². The first-order chi connectivity index (χ1) is 21.4. The topological polar surface area (TPSA) is 112 Å². The maximum absolute atomic E-state index is 13.6. The number of nitrogens with one attached hydrogen (secondary N) is 1. The number of piperidine rings is 1. The number of carbonyl (C=O) groups is 3. The predicted octanol–water partition coefficient (Wildman–Crippen LogP) is 7.50. The molecule has 0 aliphatic carbocycles. The first-order valence-corrected chi connectivity index (χ1v) is 15.3. The van der Waals surface area contributed by atoms with Crippen LogP contribution in [0.5, 0.6) is 0 Å². The molecule has 1 fully saturated rings. The molecular formula is C34H27ClN4O4S. The highest BCUT2D eigenvalue weighted by Crippen LogP contribution is 2.36. The molecule has 2 aromatic heterocycles. The monoisotopic (exact) mass is 622 g/mol. The van der Waals surface area contributed by atoms with E-state index in [1.165, 1.54) is 11.3 Å². The van der Waals surface area contributed by atoms with Crippen LogP contribution >= 0.6 is 22.9 Å². The van der Waals surface area contributed by atoms with Crippen LogP contribution in [0.25, 0.3) is 21.0 Å². The van der Waals surface area contributed by atoms with Crippen molar-refractivity contribution in [3.8, 4) is 21.0 Å². The van der Waals surface area contributed by atoms with Gasteiger partial charge in [0.25, 0.3) is 11.8 Å². The van der Waals surface area contributed by atoms with Crippen molar-refractivity contribution in [1.29, 1.82) is 0 Å². The number of carboxylic acid groups (broad SMARTS) is 1. The van der Waals surface area contributed by atoms with Gasteiger partial charge in [0.2, 0.25) is 0 Å². The van der Waals surface area contributed by atoms with Gasteiger partial charge in [-0.1, -0.05) is 54.1 Å². The van der Waals surface area contributed by atoms with Crippen LogP contribution in [0.15, 0.2) is 97.3 Å². The number of pyridine rings is 1. The summed E-state index contributed by atoms with van der Waals surface area (Å²) in [7, 11) is 0. The molecule has 1 saturated heterocycles. The molecule has 2 amide bonds. The SMILES string of the molecule is O=C(O)c1ccc(C2CCN(C(=O)c3cc(NC(=O)c4nc(-c5cccnc5)sc4-c4ccccc4)ccc3Cl)CC2)cc1. The third kappa shape index (κ3) is 6.24. The van der Waals surface area contributed by atoms with E-state index in [-0.39, 0.29) is 23.1 Å². The minimum Gasteiger partial charge on any atom is -0.478 e. The number of aromatic nitrogens is 2. The number of carbonyl (C=O) groups excluding carboxylic acids is 2. The lowest BCUT2D eigenvalue weighted by atomic mass is 9.89. The summed E-state index contributed by atoms with van der Waals surface area (Å²) in [6.07, 6.45) is 4.89. The van der Waals surface area contributed by atoms with Gasteiger partial charge in [-0.25, -0.2) is 9.78 Å². The predicted molar refractivity (Wildman–Crippen MR) is 171 cm³/mol. The van der Waals surface area contributed by atoms with E-state index in [4.69, 9.17) is 16.7 Å². The summed E-state index contributed by atoms with van der Waals surface area (Å²) < 4.78 is 0. The van der Waals surface area contributed by atoms with Crippen molar-refractivity contribution in [2.45, 2.75) is 18.8 Å². The van der Waals surface area contributed by atoms with Gasteiger partial charge in [0.15, 0.2) is 0 Å². The van der Waals surface area contributed by atoms with Crippen molar-refractivity contribution in [2.24, 2.45) is 0 Å². The fraction of sp³-hybridized carbons (Fsp3) is 0.147. The van der Waals surface area contributed by atoms with Crippen LogP contribution in [0.1, 0.15) is 55.5 Å². The molecule has 44 heavy (non-hydrogen) atoms. The number of aromatic carboxylic acids is 1. The molecule has 0 bridgehead atoms. The first kappa shape index (κ1) is 29.2. The third-order valence-electron chi connectivity index (χ3n) is 7.65. The van der Waals surface area contributed by atoms with Crippen molar-refractivity contribution in [3.63, 3.8) is 0 Å². The van der Waals surface area contributed by atoms with Gasteiger partial charge in [0.05, 0.1) is 21.0 Å². The molecule has 8 nitrogen and oxygen atoms in total. The van der Waals surface area contributed by atoms with Crippen LogP contribution in [0.3, 0.4) is 0 Å². The Balaban J connectivity index is 1.18. The van der Waals surface area contributed by atoms with Gasteiger partial charge in [-0.15, -0.1) is 11.3 Å². The van der Waals surface area contributed by atoms with Gasteiger partial charge in [0, 0.05) is 36.7 Å². The average Bonchev–Trinajstić information content (AvgIpc) is 3.52. The summed E-state index contributed by atoms with van der Waals surface area (Å²) >= 11 is 7.89. The van der Waals surface area contributed by atoms with Gasteiger partial charge in [0.1, 0.15) is 10.7 Å². The summed E-state index contributed by atoms with van der Waals surface area (Å²) in [6, 6.07) is 25.1. The number of nitrogens with zero attached hydrogens (tertiary/aromatic N) is 3. The molecule has 3 heterocycles. The molecule has 5 aromatic rings. The van der Waals surface area contributed by atoms with E-state index in [1.54, 1.807) is 47.6 Å². The lowest BCUT2D eigenvalue weighted by Gasteiger charge is -2.32. The Morgan fingerprint density at radius 1 is 0.909 bits per heavy atom. The number of anilines is 1. The molecule has 0 unspecified atom stereocenters. The fourth-order valence-electron chi connectivity index (χ4n) is 5.31. The maximum atomic E-state index is 13.6. The number of benzene rings is 3. The smallest absolute Gasteiger partial charge is 0.335 e. The molecule has 6 rings (SSSR count). The number of hydrogen-bond acceptors (Lipinski definition) is 6. The Kier molecular flexibility index (Phi) is 8.49. The zero-order valence-electron chi connectivity index (χ0n) is 23.4. The summed E-state index contributed by atoms with van der Waals surface area (Å²) in [6.45, 7) is 1.07. The Morgan fingerprint density at radius 3 is 2.32 bits per heavy atom. The zero-order chi connectivity index (χ0) is 30.6. The van der Waals surface area contributed by atoms with Gasteiger partial charge >= 0.3 is 5.97 Å². The number of hydrogen-bond donors (Lipinski definition) is 2. The summed E-state index contributed by atoms with van der Waals surface area (Å²) in [5.74, 6) is -1.32. The Morgan fingerprint density at radius 2 is 1.64 bits per heavy atom. The van der Waals surface area contributed by atoms with Gasteiger partial charge in [-0.2, -0.15) is 0 Å². The number of rotatable bonds is 7. The van der Waals surface area contributed by atoms with Gasteiger partial charge in [-0.05, 0) is 72.4 Å². The van der Waals surface area contributed by atoms with Crippen molar-refractivity contribution in [3.05, 3.63) is 125 Å². The van der Waals surface area contributed by atoms with E-state index in [1.807, 2.05) is 54.6 Å².